The van der Waals surface area contributed by atoms with Gasteiger partial charge in [-0.05, 0) is 47.9 Å². The number of ether oxygens (including phenoxy) is 1. The molecule has 0 saturated heterocycles. The number of rotatable bonds is 6. The van der Waals surface area contributed by atoms with Crippen LogP contribution in [-0.4, -0.2) is 20.4 Å². The molecule has 1 fully saturated rings. The van der Waals surface area contributed by atoms with Crippen LogP contribution in [0.4, 0.5) is 0 Å². The first-order valence-corrected chi connectivity index (χ1v) is 11.6. The van der Waals surface area contributed by atoms with E-state index in [1.165, 1.54) is 30.3 Å². The van der Waals surface area contributed by atoms with Crippen molar-refractivity contribution in [1.82, 2.24) is 4.72 Å². The Bertz CT molecular complexity index is 1520. The van der Waals surface area contributed by atoms with Crippen LogP contribution in [0.5, 0.6) is 0 Å². The Morgan fingerprint density at radius 2 is 1.84 bits per heavy atom. The molecule has 32 heavy (non-hydrogen) atoms. The fourth-order valence-electron chi connectivity index (χ4n) is 3.64. The van der Waals surface area contributed by atoms with Crippen LogP contribution < -0.4 is 10.3 Å². The molecule has 1 saturated carbocycles. The second-order valence-corrected chi connectivity index (χ2v) is 9.46. The van der Waals surface area contributed by atoms with Crippen molar-refractivity contribution in [2.24, 2.45) is 0 Å². The maximum Gasteiger partial charge on any atom is 0.338 e. The topological polar surface area (TPSA) is 103 Å². The standard InChI is InChI=1S/C24H19NO6S/c26-22-13-17(23-20-7-2-1-4-15(20)8-11-21(23)31-22)14-30-24(27)16-5-3-6-19(12-16)32(28,29)25-18-9-10-18/h1-8,11-13,18,25H,9-10,14H2. The fraction of sp³-hybridized carbons (Fsp3) is 0.167. The van der Waals surface area contributed by atoms with Gasteiger partial charge in [0.2, 0.25) is 10.0 Å². The molecule has 1 heterocycles. The lowest BCUT2D eigenvalue weighted by molar-refractivity contribution is 0.0473. The molecule has 1 N–H and O–H groups in total. The molecular weight excluding hydrogens is 430 g/mol. The summed E-state index contributed by atoms with van der Waals surface area (Å²) in [6, 6.07) is 18.2. The molecule has 0 amide bonds. The van der Waals surface area contributed by atoms with E-state index >= 15 is 0 Å². The van der Waals surface area contributed by atoms with Crippen LogP contribution in [0.3, 0.4) is 0 Å². The molecule has 0 atom stereocenters. The van der Waals surface area contributed by atoms with Gasteiger partial charge in [0.15, 0.2) is 0 Å². The van der Waals surface area contributed by atoms with E-state index in [-0.39, 0.29) is 23.1 Å². The van der Waals surface area contributed by atoms with Crippen LogP contribution in [0.1, 0.15) is 28.8 Å². The van der Waals surface area contributed by atoms with E-state index < -0.39 is 21.6 Å². The van der Waals surface area contributed by atoms with Crippen LogP contribution in [0.15, 0.2) is 80.8 Å². The Morgan fingerprint density at radius 3 is 2.66 bits per heavy atom. The van der Waals surface area contributed by atoms with Gasteiger partial charge in [0, 0.05) is 23.1 Å². The highest BCUT2D eigenvalue weighted by atomic mass is 32.2. The Morgan fingerprint density at radius 1 is 1.03 bits per heavy atom. The monoisotopic (exact) mass is 449 g/mol. The van der Waals surface area contributed by atoms with Crippen molar-refractivity contribution in [3.05, 3.63) is 88.3 Å². The van der Waals surface area contributed by atoms with Gasteiger partial charge in [-0.25, -0.2) is 22.7 Å². The summed E-state index contributed by atoms with van der Waals surface area (Å²) in [4.78, 5) is 24.7. The molecule has 5 rings (SSSR count). The van der Waals surface area contributed by atoms with Crippen molar-refractivity contribution in [3.8, 4) is 0 Å². The first kappa shape index (κ1) is 20.4. The molecule has 162 valence electrons. The number of carbonyl (C=O) groups is 1. The lowest BCUT2D eigenvalue weighted by atomic mass is 10.0. The van der Waals surface area contributed by atoms with Gasteiger partial charge in [-0.1, -0.05) is 36.4 Å². The van der Waals surface area contributed by atoms with E-state index in [1.54, 1.807) is 6.07 Å². The van der Waals surface area contributed by atoms with Gasteiger partial charge in [-0.2, -0.15) is 0 Å². The molecule has 3 aromatic carbocycles. The molecule has 1 aromatic heterocycles. The smallest absolute Gasteiger partial charge is 0.338 e. The van der Waals surface area contributed by atoms with E-state index in [4.69, 9.17) is 9.15 Å². The molecule has 0 aliphatic heterocycles. The number of hydrogen-bond acceptors (Lipinski definition) is 6. The predicted molar refractivity (Wildman–Crippen MR) is 119 cm³/mol. The maximum atomic E-state index is 12.7. The Hall–Kier alpha value is -3.49. The molecule has 0 bridgehead atoms. The molecule has 8 heteroatoms. The van der Waals surface area contributed by atoms with Gasteiger partial charge in [0.1, 0.15) is 12.2 Å². The van der Waals surface area contributed by atoms with E-state index in [1.807, 2.05) is 30.3 Å². The quantitative estimate of drug-likeness (QED) is 0.273. The lowest BCUT2D eigenvalue weighted by Crippen LogP contribution is -2.25. The number of hydrogen-bond donors (Lipinski definition) is 1. The number of fused-ring (bicyclic) bond motifs is 3. The first-order valence-electron chi connectivity index (χ1n) is 10.1. The molecular formula is C24H19NO6S. The van der Waals surface area contributed by atoms with E-state index in [0.717, 1.165) is 23.6 Å². The predicted octanol–water partition coefficient (Wildman–Crippen LogP) is 3.74. The number of sulfonamides is 1. The highest BCUT2D eigenvalue weighted by Crippen LogP contribution is 2.28. The average molecular weight is 449 g/mol. The summed E-state index contributed by atoms with van der Waals surface area (Å²) < 4.78 is 38.2. The summed E-state index contributed by atoms with van der Waals surface area (Å²) in [5, 5.41) is 2.53. The zero-order chi connectivity index (χ0) is 22.3. The second-order valence-electron chi connectivity index (χ2n) is 7.75. The average Bonchev–Trinajstić information content (AvgIpc) is 3.60. The fourth-order valence-corrected chi connectivity index (χ4v) is 4.99. The van der Waals surface area contributed by atoms with Crippen molar-refractivity contribution >= 4 is 37.7 Å². The minimum Gasteiger partial charge on any atom is -0.457 e. The van der Waals surface area contributed by atoms with Crippen molar-refractivity contribution in [1.29, 1.82) is 0 Å². The number of nitrogens with one attached hydrogen (secondary N) is 1. The summed E-state index contributed by atoms with van der Waals surface area (Å²) in [5.41, 5.74) is 0.487. The molecule has 0 radical (unpaired) electrons. The third-order valence-corrected chi connectivity index (χ3v) is 6.87. The third kappa shape index (κ3) is 4.02. The van der Waals surface area contributed by atoms with Gasteiger partial charge in [0.05, 0.1) is 10.5 Å². The first-order chi connectivity index (χ1) is 15.4. The van der Waals surface area contributed by atoms with Crippen molar-refractivity contribution < 1.29 is 22.4 Å². The largest absolute Gasteiger partial charge is 0.457 e. The Balaban J connectivity index is 1.44. The molecule has 0 unspecified atom stereocenters. The summed E-state index contributed by atoms with van der Waals surface area (Å²) in [6.45, 7) is -0.160. The van der Waals surface area contributed by atoms with Gasteiger partial charge in [0.25, 0.3) is 0 Å². The van der Waals surface area contributed by atoms with E-state index in [2.05, 4.69) is 4.72 Å². The minimum absolute atomic E-state index is 0.00986. The van der Waals surface area contributed by atoms with Crippen LogP contribution in [-0.2, 0) is 21.4 Å². The van der Waals surface area contributed by atoms with Gasteiger partial charge in [-0.3, -0.25) is 0 Å². The zero-order valence-electron chi connectivity index (χ0n) is 16.9. The third-order valence-electron chi connectivity index (χ3n) is 5.35. The lowest BCUT2D eigenvalue weighted by Gasteiger charge is -2.10. The Labute approximate surface area is 183 Å². The summed E-state index contributed by atoms with van der Waals surface area (Å²) in [7, 11) is -3.69. The van der Waals surface area contributed by atoms with Gasteiger partial charge >= 0.3 is 11.6 Å². The van der Waals surface area contributed by atoms with Crippen molar-refractivity contribution in [2.75, 3.05) is 0 Å². The van der Waals surface area contributed by atoms with Crippen LogP contribution in [0.2, 0.25) is 0 Å². The van der Waals surface area contributed by atoms with Crippen molar-refractivity contribution in [2.45, 2.75) is 30.4 Å². The molecule has 0 spiro atoms. The molecule has 1 aliphatic carbocycles. The normalized spacial score (nSPS) is 14.0. The minimum atomic E-state index is -3.69. The van der Waals surface area contributed by atoms with Crippen LogP contribution >= 0.6 is 0 Å². The summed E-state index contributed by atoms with van der Waals surface area (Å²) >= 11 is 0. The highest BCUT2D eigenvalue weighted by molar-refractivity contribution is 7.89. The zero-order valence-corrected chi connectivity index (χ0v) is 17.7. The number of carbonyl (C=O) groups excluding carboxylic acids is 1. The van der Waals surface area contributed by atoms with Crippen LogP contribution in [0, 0.1) is 0 Å². The number of benzene rings is 3. The van der Waals surface area contributed by atoms with E-state index in [0.29, 0.717) is 16.5 Å². The second kappa shape index (κ2) is 7.89. The van der Waals surface area contributed by atoms with Crippen molar-refractivity contribution in [3.63, 3.8) is 0 Å². The summed E-state index contributed by atoms with van der Waals surface area (Å²) in [5.74, 6) is -0.685. The Kier molecular flexibility index (Phi) is 5.03. The summed E-state index contributed by atoms with van der Waals surface area (Å²) in [6.07, 6.45) is 1.63. The SMILES string of the molecule is O=C(OCc1cc(=O)oc2ccc3ccccc3c12)c1cccc(S(=O)(=O)NC2CC2)c1. The van der Waals surface area contributed by atoms with E-state index in [9.17, 15) is 18.0 Å². The molecule has 1 aliphatic rings. The van der Waals surface area contributed by atoms with Gasteiger partial charge < -0.3 is 9.15 Å². The van der Waals surface area contributed by atoms with Crippen LogP contribution in [0.25, 0.3) is 21.7 Å². The molecule has 4 aromatic rings. The number of esters is 1. The highest BCUT2D eigenvalue weighted by Gasteiger charge is 2.28. The van der Waals surface area contributed by atoms with Gasteiger partial charge in [-0.15, -0.1) is 0 Å². The molecule has 7 nitrogen and oxygen atoms in total. The maximum absolute atomic E-state index is 12.7.